The van der Waals surface area contributed by atoms with Crippen molar-refractivity contribution in [2.75, 3.05) is 50.6 Å². The number of hydrogen-bond acceptors (Lipinski definition) is 6. The summed E-state index contributed by atoms with van der Waals surface area (Å²) in [5.41, 5.74) is 2.50. The molecule has 0 amide bonds. The Morgan fingerprint density at radius 3 is 2.90 bits per heavy atom. The molecule has 1 aromatic heterocycles. The summed E-state index contributed by atoms with van der Waals surface area (Å²) in [4.78, 5) is 14.1. The highest BCUT2D eigenvalue weighted by Gasteiger charge is 2.27. The van der Waals surface area contributed by atoms with Gasteiger partial charge in [0.15, 0.2) is 0 Å². The van der Waals surface area contributed by atoms with Gasteiger partial charge in [0.25, 0.3) is 0 Å². The van der Waals surface area contributed by atoms with E-state index in [1.54, 1.807) is 0 Å². The summed E-state index contributed by atoms with van der Waals surface area (Å²) in [6, 6.07) is 0.374. The third kappa shape index (κ3) is 2.82. The molecule has 0 aromatic carbocycles. The number of fused-ring (bicyclic) bond motifs is 1. The maximum absolute atomic E-state index is 9.22. The molecule has 116 valence electrons. The Kier molecular flexibility index (Phi) is 4.26. The molecule has 2 heterocycles. The van der Waals surface area contributed by atoms with Crippen molar-refractivity contribution in [2.45, 2.75) is 31.7 Å². The largest absolute Gasteiger partial charge is 0.396 e. The Balaban J connectivity index is 1.83. The van der Waals surface area contributed by atoms with Crippen molar-refractivity contribution in [3.8, 4) is 0 Å². The minimum absolute atomic E-state index is 0.232. The molecule has 3 rings (SSSR count). The Hall–Kier alpha value is -1.40. The highest BCUT2D eigenvalue weighted by atomic mass is 16.3. The molecule has 1 aliphatic heterocycles. The van der Waals surface area contributed by atoms with E-state index in [1.165, 1.54) is 17.7 Å². The lowest BCUT2D eigenvalue weighted by Gasteiger charge is -2.39. The number of nitrogens with one attached hydrogen (secondary N) is 1. The van der Waals surface area contributed by atoms with E-state index in [2.05, 4.69) is 22.2 Å². The Bertz CT molecular complexity index is 507. The van der Waals surface area contributed by atoms with Crippen molar-refractivity contribution < 1.29 is 5.11 Å². The van der Waals surface area contributed by atoms with E-state index < -0.39 is 0 Å². The van der Waals surface area contributed by atoms with Gasteiger partial charge in [0.2, 0.25) is 5.95 Å². The van der Waals surface area contributed by atoms with Crippen LogP contribution in [0.3, 0.4) is 0 Å². The average Bonchev–Trinajstić information content (AvgIpc) is 2.97. The molecule has 21 heavy (non-hydrogen) atoms. The second-order valence-corrected chi connectivity index (χ2v) is 5.99. The molecule has 0 radical (unpaired) electrons. The summed E-state index contributed by atoms with van der Waals surface area (Å²) in [5, 5.41) is 12.4. The van der Waals surface area contributed by atoms with Crippen LogP contribution in [0, 0.1) is 0 Å². The van der Waals surface area contributed by atoms with E-state index in [0.29, 0.717) is 6.04 Å². The van der Waals surface area contributed by atoms with Gasteiger partial charge in [0.05, 0.1) is 5.69 Å². The Labute approximate surface area is 126 Å². The van der Waals surface area contributed by atoms with Gasteiger partial charge in [0.1, 0.15) is 5.82 Å². The van der Waals surface area contributed by atoms with Crippen LogP contribution in [0.1, 0.15) is 24.1 Å². The first-order valence-electron chi connectivity index (χ1n) is 7.86. The topological polar surface area (TPSA) is 64.5 Å². The van der Waals surface area contributed by atoms with Gasteiger partial charge in [-0.2, -0.15) is 4.98 Å². The minimum Gasteiger partial charge on any atom is -0.396 e. The van der Waals surface area contributed by atoms with E-state index in [4.69, 9.17) is 9.97 Å². The number of anilines is 2. The Morgan fingerprint density at radius 2 is 2.14 bits per heavy atom. The van der Waals surface area contributed by atoms with E-state index in [0.717, 1.165) is 50.7 Å². The van der Waals surface area contributed by atoms with Crippen LogP contribution < -0.4 is 10.2 Å². The van der Waals surface area contributed by atoms with Gasteiger partial charge in [-0.15, -0.1) is 0 Å². The number of nitrogens with zero attached hydrogens (tertiary/aromatic N) is 4. The summed E-state index contributed by atoms with van der Waals surface area (Å²) >= 11 is 0. The van der Waals surface area contributed by atoms with Gasteiger partial charge >= 0.3 is 0 Å². The molecule has 1 fully saturated rings. The molecule has 0 unspecified atom stereocenters. The van der Waals surface area contributed by atoms with E-state index in [-0.39, 0.29) is 6.61 Å². The van der Waals surface area contributed by atoms with Crippen molar-refractivity contribution in [3.05, 3.63) is 11.3 Å². The highest BCUT2D eigenvalue weighted by Crippen LogP contribution is 2.28. The zero-order valence-corrected chi connectivity index (χ0v) is 13.0. The number of likely N-dealkylation sites (N-methyl/N-ethyl adjacent to an activating group) is 1. The predicted molar refractivity (Wildman–Crippen MR) is 83.9 cm³/mol. The van der Waals surface area contributed by atoms with E-state index in [1.807, 2.05) is 7.05 Å². The number of aryl methyl sites for hydroxylation is 1. The van der Waals surface area contributed by atoms with Crippen LogP contribution in [0.5, 0.6) is 0 Å². The van der Waals surface area contributed by atoms with Gasteiger partial charge in [-0.1, -0.05) is 0 Å². The summed E-state index contributed by atoms with van der Waals surface area (Å²) in [6.45, 7) is 3.05. The molecule has 1 aliphatic carbocycles. The second kappa shape index (κ2) is 6.15. The fraction of sp³-hybridized carbons (Fsp3) is 0.733. The van der Waals surface area contributed by atoms with Gasteiger partial charge in [-0.3, -0.25) is 4.90 Å². The second-order valence-electron chi connectivity index (χ2n) is 5.99. The van der Waals surface area contributed by atoms with Crippen LogP contribution in [0.2, 0.25) is 0 Å². The molecule has 1 aromatic rings. The first-order chi connectivity index (χ1) is 10.2. The third-order valence-corrected chi connectivity index (χ3v) is 4.68. The molecular weight excluding hydrogens is 266 g/mol. The van der Waals surface area contributed by atoms with Crippen LogP contribution in [0.15, 0.2) is 0 Å². The van der Waals surface area contributed by atoms with Gasteiger partial charge in [0, 0.05) is 44.9 Å². The monoisotopic (exact) mass is 291 g/mol. The van der Waals surface area contributed by atoms with E-state index >= 15 is 0 Å². The molecular formula is C15H25N5O. The zero-order chi connectivity index (χ0) is 14.8. The normalized spacial score (nSPS) is 22.4. The molecule has 2 N–H and O–H groups in total. The summed E-state index contributed by atoms with van der Waals surface area (Å²) in [5.74, 6) is 1.83. The summed E-state index contributed by atoms with van der Waals surface area (Å²) in [6.07, 6.45) is 4.13. The first-order valence-corrected chi connectivity index (χ1v) is 7.86. The molecule has 0 bridgehead atoms. The van der Waals surface area contributed by atoms with Crippen molar-refractivity contribution in [2.24, 2.45) is 0 Å². The van der Waals surface area contributed by atoms with Crippen LogP contribution in [0.4, 0.5) is 11.8 Å². The lowest BCUT2D eigenvalue weighted by molar-refractivity contribution is 0.170. The number of rotatable bonds is 4. The molecule has 0 spiro atoms. The molecule has 2 aliphatic rings. The van der Waals surface area contributed by atoms with Crippen molar-refractivity contribution >= 4 is 11.8 Å². The maximum atomic E-state index is 9.22. The SMILES string of the molecule is CNc1nc(N2CCN(C)[C@H](CCO)C2)nc2c1CCC2. The van der Waals surface area contributed by atoms with Gasteiger partial charge in [-0.05, 0) is 32.7 Å². The van der Waals surface area contributed by atoms with Crippen molar-refractivity contribution in [1.82, 2.24) is 14.9 Å². The smallest absolute Gasteiger partial charge is 0.227 e. The number of piperazine rings is 1. The van der Waals surface area contributed by atoms with Crippen LogP contribution in [-0.4, -0.2) is 66.4 Å². The number of aliphatic hydroxyl groups is 1. The number of aliphatic hydroxyl groups excluding tert-OH is 1. The fourth-order valence-electron chi connectivity index (χ4n) is 3.36. The quantitative estimate of drug-likeness (QED) is 0.843. The lowest BCUT2D eigenvalue weighted by Crippen LogP contribution is -2.52. The van der Waals surface area contributed by atoms with Crippen LogP contribution in [0.25, 0.3) is 0 Å². The summed E-state index contributed by atoms with van der Waals surface area (Å²) < 4.78 is 0. The molecule has 6 heteroatoms. The van der Waals surface area contributed by atoms with Gasteiger partial charge < -0.3 is 15.3 Å². The van der Waals surface area contributed by atoms with E-state index in [9.17, 15) is 5.11 Å². The molecule has 1 saturated heterocycles. The van der Waals surface area contributed by atoms with Crippen molar-refractivity contribution in [1.29, 1.82) is 0 Å². The molecule has 1 atom stereocenters. The number of hydrogen-bond donors (Lipinski definition) is 2. The maximum Gasteiger partial charge on any atom is 0.227 e. The van der Waals surface area contributed by atoms with Crippen LogP contribution >= 0.6 is 0 Å². The third-order valence-electron chi connectivity index (χ3n) is 4.68. The fourth-order valence-corrected chi connectivity index (χ4v) is 3.36. The molecule has 0 saturated carbocycles. The Morgan fingerprint density at radius 1 is 1.29 bits per heavy atom. The minimum atomic E-state index is 0.232. The first kappa shape index (κ1) is 14.5. The standard InChI is InChI=1S/C15H25N5O/c1-16-14-12-4-3-5-13(12)17-15(18-14)20-8-7-19(2)11(10-20)6-9-21/h11,21H,3-10H2,1-2H3,(H,16,17,18)/t11-/m1/s1. The average molecular weight is 291 g/mol. The predicted octanol–water partition coefficient (Wildman–Crippen LogP) is 0.510. The number of aromatic nitrogens is 2. The van der Waals surface area contributed by atoms with Crippen molar-refractivity contribution in [3.63, 3.8) is 0 Å². The lowest BCUT2D eigenvalue weighted by atomic mass is 10.1. The highest BCUT2D eigenvalue weighted by molar-refractivity contribution is 5.53. The zero-order valence-electron chi connectivity index (χ0n) is 13.0. The summed E-state index contributed by atoms with van der Waals surface area (Å²) in [7, 11) is 4.06. The molecule has 6 nitrogen and oxygen atoms in total. The van der Waals surface area contributed by atoms with Gasteiger partial charge in [-0.25, -0.2) is 4.98 Å². The van der Waals surface area contributed by atoms with Crippen LogP contribution in [-0.2, 0) is 12.8 Å².